The number of halogens is 1. The summed E-state index contributed by atoms with van der Waals surface area (Å²) in [5.74, 6) is 0.129. The van der Waals surface area contributed by atoms with Gasteiger partial charge >= 0.3 is 0 Å². The minimum Gasteiger partial charge on any atom is -0.368 e. The van der Waals surface area contributed by atoms with Crippen molar-refractivity contribution in [3.8, 4) is 6.07 Å². The van der Waals surface area contributed by atoms with E-state index in [2.05, 4.69) is 39.6 Å². The van der Waals surface area contributed by atoms with Crippen LogP contribution >= 0.6 is 22.9 Å². The topological polar surface area (TPSA) is 85.5 Å². The molecular weight excluding hydrogens is 592 g/mol. The molecule has 0 atom stereocenters. The van der Waals surface area contributed by atoms with Crippen LogP contribution in [0.3, 0.4) is 0 Å². The molecule has 10 heteroatoms. The molecule has 1 fully saturated rings. The number of imidazole rings is 1. The summed E-state index contributed by atoms with van der Waals surface area (Å²) >= 11 is 7.35. The highest BCUT2D eigenvalue weighted by atomic mass is 35.5. The summed E-state index contributed by atoms with van der Waals surface area (Å²) in [4.78, 5) is 37.5. The van der Waals surface area contributed by atoms with Crippen LogP contribution in [0.4, 0.5) is 11.4 Å². The molecule has 8 nitrogen and oxygen atoms in total. The summed E-state index contributed by atoms with van der Waals surface area (Å²) < 4.78 is 2.68. The van der Waals surface area contributed by atoms with Gasteiger partial charge < -0.3 is 19.3 Å². The van der Waals surface area contributed by atoms with Crippen LogP contribution in [0.5, 0.6) is 0 Å². The van der Waals surface area contributed by atoms with Gasteiger partial charge in [-0.3, -0.25) is 9.59 Å². The first-order chi connectivity index (χ1) is 21.4. The maximum Gasteiger partial charge on any atom is 0.264 e. The number of thiophene rings is 1. The van der Waals surface area contributed by atoms with Gasteiger partial charge in [-0.15, -0.1) is 11.3 Å². The molecule has 2 amide bonds. The number of nitrogens with zero attached hydrogens (tertiary/aromatic N) is 6. The van der Waals surface area contributed by atoms with E-state index in [9.17, 15) is 9.59 Å². The number of rotatable bonds is 12. The van der Waals surface area contributed by atoms with E-state index in [4.69, 9.17) is 16.9 Å². The molecule has 0 radical (unpaired) electrons. The van der Waals surface area contributed by atoms with Gasteiger partial charge in [0.1, 0.15) is 0 Å². The molecule has 0 unspecified atom stereocenters. The molecule has 0 N–H and O–H groups in total. The van der Waals surface area contributed by atoms with E-state index in [-0.39, 0.29) is 11.8 Å². The molecule has 2 aromatic heterocycles. The Morgan fingerprint density at radius 2 is 1.73 bits per heavy atom. The lowest BCUT2D eigenvalue weighted by Gasteiger charge is -2.36. The number of carbonyl (C=O) groups excluding carboxylic acids is 2. The van der Waals surface area contributed by atoms with Crippen LogP contribution in [-0.4, -0.2) is 52.4 Å². The molecule has 1 aliphatic heterocycles. The van der Waals surface area contributed by atoms with Gasteiger partial charge in [-0.25, -0.2) is 4.98 Å². The fourth-order valence-electron chi connectivity index (χ4n) is 5.42. The van der Waals surface area contributed by atoms with Gasteiger partial charge in [0.05, 0.1) is 39.4 Å². The summed E-state index contributed by atoms with van der Waals surface area (Å²) in [6.45, 7) is 5.94. The minimum atomic E-state index is 0.0309. The van der Waals surface area contributed by atoms with Crippen molar-refractivity contribution in [3.05, 3.63) is 99.2 Å². The van der Waals surface area contributed by atoms with Crippen molar-refractivity contribution in [3.63, 3.8) is 0 Å². The number of hydrogen-bond donors (Lipinski definition) is 0. The molecule has 1 saturated heterocycles. The number of benzene rings is 2. The first-order valence-electron chi connectivity index (χ1n) is 15.1. The molecule has 0 aliphatic carbocycles. The Balaban J connectivity index is 1.27. The van der Waals surface area contributed by atoms with E-state index in [0.717, 1.165) is 61.4 Å². The monoisotopic (exact) mass is 628 g/mol. The van der Waals surface area contributed by atoms with Gasteiger partial charge in [-0.05, 0) is 60.5 Å². The summed E-state index contributed by atoms with van der Waals surface area (Å²) in [6, 6.07) is 21.4. The number of aromatic nitrogens is 2. The average Bonchev–Trinajstić information content (AvgIpc) is 3.70. The summed E-state index contributed by atoms with van der Waals surface area (Å²) in [5.41, 5.74) is 4.55. The predicted molar refractivity (Wildman–Crippen MR) is 176 cm³/mol. The minimum absolute atomic E-state index is 0.0309. The SMILES string of the molecule is CCCCCCC(=O)N(Cc1cncn1Cc1ccc(C#N)cc1)c1ccc(N2CCN(C(=O)c3ccc(Cl)s3)CC2)cc1. The molecule has 228 valence electrons. The molecule has 0 spiro atoms. The van der Waals surface area contributed by atoms with Gasteiger partial charge in [-0.2, -0.15) is 5.26 Å². The Bertz CT molecular complexity index is 1580. The highest BCUT2D eigenvalue weighted by Gasteiger charge is 2.24. The van der Waals surface area contributed by atoms with E-state index in [1.807, 2.05) is 52.4 Å². The van der Waals surface area contributed by atoms with Crippen LogP contribution in [0.15, 0.2) is 73.2 Å². The zero-order valence-corrected chi connectivity index (χ0v) is 26.6. The lowest BCUT2D eigenvalue weighted by atomic mass is 10.1. The smallest absolute Gasteiger partial charge is 0.264 e. The van der Waals surface area contributed by atoms with Gasteiger partial charge in [-0.1, -0.05) is 49.9 Å². The van der Waals surface area contributed by atoms with E-state index in [0.29, 0.717) is 47.4 Å². The number of piperazine rings is 1. The Kier molecular flexibility index (Phi) is 10.7. The highest BCUT2D eigenvalue weighted by molar-refractivity contribution is 7.17. The number of hydrogen-bond acceptors (Lipinski definition) is 6. The van der Waals surface area contributed by atoms with E-state index in [1.165, 1.54) is 11.3 Å². The van der Waals surface area contributed by atoms with Crippen molar-refractivity contribution >= 4 is 46.1 Å². The van der Waals surface area contributed by atoms with Crippen molar-refractivity contribution in [2.24, 2.45) is 0 Å². The number of amides is 2. The number of unbranched alkanes of at least 4 members (excludes halogenated alkanes) is 3. The maximum absolute atomic E-state index is 13.6. The second-order valence-corrected chi connectivity index (χ2v) is 12.7. The molecule has 5 rings (SSSR count). The summed E-state index contributed by atoms with van der Waals surface area (Å²) in [5, 5.41) is 9.12. The van der Waals surface area contributed by atoms with E-state index in [1.54, 1.807) is 18.5 Å². The van der Waals surface area contributed by atoms with Gasteiger partial charge in [0.15, 0.2) is 0 Å². The average molecular weight is 629 g/mol. The molecule has 44 heavy (non-hydrogen) atoms. The van der Waals surface area contributed by atoms with Crippen LogP contribution in [0, 0.1) is 11.3 Å². The fraction of sp³-hybridized carbons (Fsp3) is 0.353. The lowest BCUT2D eigenvalue weighted by Crippen LogP contribution is -2.48. The van der Waals surface area contributed by atoms with Gasteiger partial charge in [0, 0.05) is 56.7 Å². The zero-order valence-electron chi connectivity index (χ0n) is 25.0. The zero-order chi connectivity index (χ0) is 30.9. The highest BCUT2D eigenvalue weighted by Crippen LogP contribution is 2.27. The third-order valence-electron chi connectivity index (χ3n) is 7.98. The van der Waals surface area contributed by atoms with Gasteiger partial charge in [0.2, 0.25) is 5.91 Å². The van der Waals surface area contributed by atoms with Crippen molar-refractivity contribution in [1.82, 2.24) is 14.5 Å². The summed E-state index contributed by atoms with van der Waals surface area (Å²) in [6.07, 6.45) is 8.26. The van der Waals surface area contributed by atoms with Gasteiger partial charge in [0.25, 0.3) is 5.91 Å². The quantitative estimate of drug-likeness (QED) is 0.158. The molecular formula is C34H37ClN6O2S. The normalized spacial score (nSPS) is 13.1. The maximum atomic E-state index is 13.6. The third kappa shape index (κ3) is 7.87. The first kappa shape index (κ1) is 31.3. The standard InChI is InChI=1S/C34H37ClN6O2S/c1-2-3-4-5-6-33(42)41(24-30-22-37-25-40(30)23-27-9-7-26(21-36)8-10-27)29-13-11-28(12-14-29)38-17-19-39(20-18-38)34(43)31-15-16-32(35)44-31/h7-16,22,25H,2-6,17-20,23-24H2,1H3. The van der Waals surface area contributed by atoms with Crippen molar-refractivity contribution < 1.29 is 9.59 Å². The van der Waals surface area contributed by atoms with Crippen LogP contribution in [0.25, 0.3) is 0 Å². The Morgan fingerprint density at radius 1 is 0.977 bits per heavy atom. The number of carbonyl (C=O) groups is 2. The van der Waals surface area contributed by atoms with Crippen LogP contribution in [0.2, 0.25) is 4.34 Å². The molecule has 0 bridgehead atoms. The van der Waals surface area contributed by atoms with Crippen LogP contribution in [-0.2, 0) is 17.9 Å². The second kappa shape index (κ2) is 15.0. The Hall–Kier alpha value is -4.13. The first-order valence-corrected chi connectivity index (χ1v) is 16.3. The Labute approximate surface area is 268 Å². The van der Waals surface area contributed by atoms with Crippen molar-refractivity contribution in [2.75, 3.05) is 36.0 Å². The van der Waals surface area contributed by atoms with Crippen molar-refractivity contribution in [2.45, 2.75) is 52.1 Å². The van der Waals surface area contributed by atoms with E-state index >= 15 is 0 Å². The van der Waals surface area contributed by atoms with E-state index < -0.39 is 0 Å². The molecule has 2 aromatic carbocycles. The molecule has 3 heterocycles. The number of nitriles is 1. The van der Waals surface area contributed by atoms with Crippen LogP contribution < -0.4 is 9.80 Å². The molecule has 0 saturated carbocycles. The lowest BCUT2D eigenvalue weighted by molar-refractivity contribution is -0.118. The fourth-order valence-corrected chi connectivity index (χ4v) is 6.43. The largest absolute Gasteiger partial charge is 0.368 e. The van der Waals surface area contributed by atoms with Crippen molar-refractivity contribution in [1.29, 1.82) is 5.26 Å². The third-order valence-corrected chi connectivity index (χ3v) is 9.20. The van der Waals surface area contributed by atoms with Crippen LogP contribution in [0.1, 0.15) is 65.5 Å². The Morgan fingerprint density at radius 3 is 2.39 bits per heavy atom. The summed E-state index contributed by atoms with van der Waals surface area (Å²) in [7, 11) is 0. The number of anilines is 2. The second-order valence-electron chi connectivity index (χ2n) is 11.0. The molecule has 4 aromatic rings. The molecule has 1 aliphatic rings. The predicted octanol–water partition coefficient (Wildman–Crippen LogP) is 6.98.